The Kier molecular flexibility index (Phi) is 3.26. The van der Waals surface area contributed by atoms with Gasteiger partial charge in [0.2, 0.25) is 0 Å². The van der Waals surface area contributed by atoms with E-state index in [0.717, 1.165) is 17.5 Å². The first-order valence-electron chi connectivity index (χ1n) is 7.95. The lowest BCUT2D eigenvalue weighted by Crippen LogP contribution is -2.21. The van der Waals surface area contributed by atoms with Crippen LogP contribution in [0.3, 0.4) is 0 Å². The molecule has 2 N–H and O–H groups in total. The van der Waals surface area contributed by atoms with Crippen molar-refractivity contribution in [3.8, 4) is 17.2 Å². The molecule has 23 heavy (non-hydrogen) atoms. The van der Waals surface area contributed by atoms with Gasteiger partial charge in [0.25, 0.3) is 0 Å². The number of phenolic OH excluding ortho intramolecular Hbond substituents is 2. The first-order valence-corrected chi connectivity index (χ1v) is 7.95. The van der Waals surface area contributed by atoms with Gasteiger partial charge < -0.3 is 14.9 Å². The minimum Gasteiger partial charge on any atom is -0.508 e. The van der Waals surface area contributed by atoms with Gasteiger partial charge in [-0.2, -0.15) is 0 Å². The molecule has 1 atom stereocenters. The molecule has 1 fully saturated rings. The van der Waals surface area contributed by atoms with E-state index in [4.69, 9.17) is 4.74 Å². The Hall–Kier alpha value is -2.49. The van der Waals surface area contributed by atoms with Gasteiger partial charge in [0, 0.05) is 5.56 Å². The summed E-state index contributed by atoms with van der Waals surface area (Å²) in [6.07, 6.45) is 2.97. The van der Waals surface area contributed by atoms with Crippen molar-refractivity contribution < 1.29 is 19.7 Å². The highest BCUT2D eigenvalue weighted by atomic mass is 16.5. The van der Waals surface area contributed by atoms with Gasteiger partial charge in [-0.25, -0.2) is 0 Å². The van der Waals surface area contributed by atoms with Crippen LogP contribution in [0, 0.1) is 5.92 Å². The summed E-state index contributed by atoms with van der Waals surface area (Å²) in [7, 11) is 0. The van der Waals surface area contributed by atoms with Crippen LogP contribution in [0.2, 0.25) is 0 Å². The zero-order chi connectivity index (χ0) is 16.0. The van der Waals surface area contributed by atoms with Gasteiger partial charge in [0.05, 0.1) is 12.0 Å². The smallest absolute Gasteiger partial charge is 0.170 e. The van der Waals surface area contributed by atoms with Gasteiger partial charge in [-0.1, -0.05) is 12.1 Å². The number of Topliss-reactive ketones (excluding diaryl/α,β-unsaturated/α-hetero) is 1. The van der Waals surface area contributed by atoms with Crippen LogP contribution in [-0.2, 0) is 6.42 Å². The number of hydrogen-bond donors (Lipinski definition) is 2. The molecular formula is C19H18O4. The second kappa shape index (κ2) is 5.30. The molecule has 1 saturated carbocycles. The normalized spacial score (nSPS) is 20.0. The van der Waals surface area contributed by atoms with Crippen LogP contribution in [0.15, 0.2) is 36.4 Å². The minimum absolute atomic E-state index is 0.0290. The molecule has 0 aromatic heterocycles. The molecule has 2 aliphatic rings. The number of benzene rings is 2. The topological polar surface area (TPSA) is 66.8 Å². The first-order chi connectivity index (χ1) is 11.1. The van der Waals surface area contributed by atoms with Gasteiger partial charge in [-0.3, -0.25) is 4.79 Å². The Morgan fingerprint density at radius 3 is 2.48 bits per heavy atom. The molecular weight excluding hydrogens is 292 g/mol. The molecule has 2 aromatic rings. The van der Waals surface area contributed by atoms with Crippen LogP contribution in [0.1, 0.15) is 46.9 Å². The number of ketones is 1. The van der Waals surface area contributed by atoms with Gasteiger partial charge in [-0.15, -0.1) is 0 Å². The third-order valence-electron chi connectivity index (χ3n) is 4.62. The van der Waals surface area contributed by atoms with Gasteiger partial charge in [0.1, 0.15) is 23.4 Å². The summed E-state index contributed by atoms with van der Waals surface area (Å²) < 4.78 is 6.11. The largest absolute Gasteiger partial charge is 0.508 e. The van der Waals surface area contributed by atoms with Crippen molar-refractivity contribution in [1.82, 2.24) is 0 Å². The standard InChI is InChI=1S/C19H18O4/c20-13-5-3-12(4-6-13)18-10-17(22)14-7-8-16(21)15(19(14)23-18)9-11-1-2-11/h3-8,11,18,20-21H,1-2,9-10H2. The van der Waals surface area contributed by atoms with Crippen molar-refractivity contribution in [3.63, 3.8) is 0 Å². The average Bonchev–Trinajstić information content (AvgIpc) is 3.35. The second-order valence-corrected chi connectivity index (χ2v) is 6.41. The van der Waals surface area contributed by atoms with Crippen molar-refractivity contribution >= 4 is 5.78 Å². The number of hydrogen-bond acceptors (Lipinski definition) is 4. The van der Waals surface area contributed by atoms with Gasteiger partial charge in [0.15, 0.2) is 5.78 Å². The predicted molar refractivity (Wildman–Crippen MR) is 85.0 cm³/mol. The summed E-state index contributed by atoms with van der Waals surface area (Å²) in [5.74, 6) is 1.53. The number of fused-ring (bicyclic) bond motifs is 1. The number of rotatable bonds is 3. The highest BCUT2D eigenvalue weighted by Crippen LogP contribution is 2.44. The summed E-state index contributed by atoms with van der Waals surface area (Å²) in [5, 5.41) is 19.6. The van der Waals surface area contributed by atoms with Crippen molar-refractivity contribution in [2.24, 2.45) is 5.92 Å². The molecule has 2 aromatic carbocycles. The molecule has 118 valence electrons. The van der Waals surface area contributed by atoms with E-state index >= 15 is 0 Å². The van der Waals surface area contributed by atoms with Gasteiger partial charge >= 0.3 is 0 Å². The van der Waals surface area contributed by atoms with Crippen molar-refractivity contribution in [2.75, 3.05) is 0 Å². The Morgan fingerprint density at radius 1 is 1.04 bits per heavy atom. The summed E-state index contributed by atoms with van der Waals surface area (Å²) in [6.45, 7) is 0. The summed E-state index contributed by atoms with van der Waals surface area (Å²) in [4.78, 5) is 12.5. The van der Waals surface area contributed by atoms with Gasteiger partial charge in [-0.05, 0) is 55.0 Å². The van der Waals surface area contributed by atoms with E-state index in [1.807, 2.05) is 0 Å². The molecule has 1 aliphatic heterocycles. The average molecular weight is 310 g/mol. The molecule has 0 bridgehead atoms. The molecule has 4 rings (SSSR count). The lowest BCUT2D eigenvalue weighted by Gasteiger charge is -2.28. The second-order valence-electron chi connectivity index (χ2n) is 6.41. The predicted octanol–water partition coefficient (Wildman–Crippen LogP) is 3.76. The van der Waals surface area contributed by atoms with Crippen molar-refractivity contribution in [2.45, 2.75) is 31.8 Å². The Labute approximate surface area is 134 Å². The number of ether oxygens (including phenoxy) is 1. The van der Waals surface area contributed by atoms with E-state index in [1.165, 1.54) is 12.8 Å². The maximum absolute atomic E-state index is 12.5. The molecule has 1 heterocycles. The molecule has 4 heteroatoms. The number of phenols is 2. The molecule has 4 nitrogen and oxygen atoms in total. The third-order valence-corrected chi connectivity index (χ3v) is 4.62. The van der Waals surface area contributed by atoms with Crippen LogP contribution < -0.4 is 4.74 Å². The van der Waals surface area contributed by atoms with Crippen LogP contribution in [0.4, 0.5) is 0 Å². The fourth-order valence-corrected chi connectivity index (χ4v) is 3.12. The molecule has 0 radical (unpaired) electrons. The van der Waals surface area contributed by atoms with Crippen LogP contribution in [0.5, 0.6) is 17.2 Å². The molecule has 1 aliphatic carbocycles. The Morgan fingerprint density at radius 2 is 1.78 bits per heavy atom. The van der Waals surface area contributed by atoms with Crippen molar-refractivity contribution in [3.05, 3.63) is 53.1 Å². The fourth-order valence-electron chi connectivity index (χ4n) is 3.12. The van der Waals surface area contributed by atoms with E-state index in [1.54, 1.807) is 36.4 Å². The van der Waals surface area contributed by atoms with Crippen LogP contribution >= 0.6 is 0 Å². The number of carbonyl (C=O) groups is 1. The zero-order valence-corrected chi connectivity index (χ0v) is 12.7. The highest BCUT2D eigenvalue weighted by molar-refractivity contribution is 6.00. The summed E-state index contributed by atoms with van der Waals surface area (Å²) in [5.41, 5.74) is 2.16. The van der Waals surface area contributed by atoms with E-state index < -0.39 is 0 Å². The summed E-state index contributed by atoms with van der Waals surface area (Å²) in [6, 6.07) is 9.96. The monoisotopic (exact) mass is 310 g/mol. The van der Waals surface area contributed by atoms with E-state index in [-0.39, 0.29) is 29.8 Å². The molecule has 0 saturated heterocycles. The third kappa shape index (κ3) is 2.65. The Balaban J connectivity index is 1.72. The van der Waals surface area contributed by atoms with E-state index in [0.29, 0.717) is 17.2 Å². The van der Waals surface area contributed by atoms with Crippen molar-refractivity contribution in [1.29, 1.82) is 0 Å². The molecule has 0 amide bonds. The molecule has 0 spiro atoms. The maximum atomic E-state index is 12.5. The minimum atomic E-state index is -0.379. The quantitative estimate of drug-likeness (QED) is 0.906. The summed E-state index contributed by atoms with van der Waals surface area (Å²) >= 11 is 0. The Bertz CT molecular complexity index is 760. The lowest BCUT2D eigenvalue weighted by atomic mass is 9.92. The van der Waals surface area contributed by atoms with E-state index in [9.17, 15) is 15.0 Å². The first kappa shape index (κ1) is 14.1. The fraction of sp³-hybridized carbons (Fsp3) is 0.316. The SMILES string of the molecule is O=C1CC(c2ccc(O)cc2)Oc2c1ccc(O)c2CC1CC1. The molecule has 1 unspecified atom stereocenters. The maximum Gasteiger partial charge on any atom is 0.170 e. The zero-order valence-electron chi connectivity index (χ0n) is 12.7. The van der Waals surface area contributed by atoms with E-state index in [2.05, 4.69) is 0 Å². The number of carbonyl (C=O) groups excluding carboxylic acids is 1. The van der Waals surface area contributed by atoms with Crippen LogP contribution in [0.25, 0.3) is 0 Å². The lowest BCUT2D eigenvalue weighted by molar-refractivity contribution is 0.0847. The number of aromatic hydroxyl groups is 2. The highest BCUT2D eigenvalue weighted by Gasteiger charge is 2.33. The van der Waals surface area contributed by atoms with Crippen LogP contribution in [-0.4, -0.2) is 16.0 Å².